The van der Waals surface area contributed by atoms with Crippen molar-refractivity contribution in [3.8, 4) is 5.75 Å². The first-order chi connectivity index (χ1) is 14.1. The maximum Gasteiger partial charge on any atom is 0.235 e. The average molecular weight is 425 g/mol. The van der Waals surface area contributed by atoms with E-state index in [9.17, 15) is 4.79 Å². The minimum Gasteiger partial charge on any atom is -0.495 e. The summed E-state index contributed by atoms with van der Waals surface area (Å²) in [6, 6.07) is 20.6. The fourth-order valence-electron chi connectivity index (χ4n) is 2.46. The van der Waals surface area contributed by atoms with Gasteiger partial charge < -0.3 is 20.7 Å². The number of benzene rings is 2. The molecule has 0 radical (unpaired) electrons. The second-order valence-electron chi connectivity index (χ2n) is 5.86. The van der Waals surface area contributed by atoms with Gasteiger partial charge in [0.1, 0.15) is 11.6 Å². The van der Waals surface area contributed by atoms with Gasteiger partial charge >= 0.3 is 0 Å². The molecule has 3 N–H and O–H groups in total. The van der Waals surface area contributed by atoms with Crippen LogP contribution < -0.4 is 20.7 Å². The lowest BCUT2D eigenvalue weighted by Crippen LogP contribution is -2.19. The molecular weight excluding hydrogens is 404 g/mol. The summed E-state index contributed by atoms with van der Waals surface area (Å²) in [4.78, 5) is 17.1. The fourth-order valence-corrected chi connectivity index (χ4v) is 3.44. The molecule has 0 bridgehead atoms. The van der Waals surface area contributed by atoms with Crippen LogP contribution in [0.3, 0.4) is 0 Å². The number of amides is 1. The molecule has 0 atom stereocenters. The maximum absolute atomic E-state index is 12.1. The van der Waals surface area contributed by atoms with Crippen molar-refractivity contribution < 1.29 is 9.53 Å². The second-order valence-corrected chi connectivity index (χ2v) is 7.32. The summed E-state index contributed by atoms with van der Waals surface area (Å²) in [6.07, 6.45) is 1.64. The Morgan fingerprint density at radius 1 is 1.03 bits per heavy atom. The van der Waals surface area contributed by atoms with Crippen LogP contribution in [0.25, 0.3) is 0 Å². The molecule has 8 heteroatoms. The molecule has 0 aliphatic rings. The Bertz CT molecular complexity index is 983. The van der Waals surface area contributed by atoms with Gasteiger partial charge in [-0.05, 0) is 54.7 Å². The van der Waals surface area contributed by atoms with Gasteiger partial charge in [0.15, 0.2) is 5.11 Å². The maximum atomic E-state index is 12.1. The highest BCUT2D eigenvalue weighted by atomic mass is 32.2. The van der Waals surface area contributed by atoms with Gasteiger partial charge in [-0.2, -0.15) is 0 Å². The van der Waals surface area contributed by atoms with Crippen molar-refractivity contribution in [1.82, 2.24) is 4.98 Å². The van der Waals surface area contributed by atoms with E-state index in [0.717, 1.165) is 16.3 Å². The Labute approximate surface area is 179 Å². The van der Waals surface area contributed by atoms with Crippen LogP contribution in [0.4, 0.5) is 17.2 Å². The van der Waals surface area contributed by atoms with Gasteiger partial charge in [-0.3, -0.25) is 4.79 Å². The van der Waals surface area contributed by atoms with E-state index < -0.39 is 0 Å². The number of hydrogen-bond acceptors (Lipinski definition) is 5. The van der Waals surface area contributed by atoms with Crippen molar-refractivity contribution >= 4 is 52.2 Å². The van der Waals surface area contributed by atoms with E-state index >= 15 is 0 Å². The molecule has 0 aliphatic carbocycles. The molecule has 1 heterocycles. The Hall–Kier alpha value is -3.10. The number of rotatable bonds is 7. The number of carbonyl (C=O) groups is 1. The van der Waals surface area contributed by atoms with Gasteiger partial charge in [0.05, 0.1) is 18.6 Å². The van der Waals surface area contributed by atoms with Crippen LogP contribution in [0, 0.1) is 0 Å². The summed E-state index contributed by atoms with van der Waals surface area (Å²) in [7, 11) is 1.61. The fraction of sp³-hybridized carbons (Fsp3) is 0.0952. The van der Waals surface area contributed by atoms with Gasteiger partial charge in [0, 0.05) is 16.8 Å². The van der Waals surface area contributed by atoms with E-state index in [1.54, 1.807) is 25.4 Å². The van der Waals surface area contributed by atoms with Crippen LogP contribution in [0.2, 0.25) is 0 Å². The summed E-state index contributed by atoms with van der Waals surface area (Å²) in [5.41, 5.74) is 1.61. The number of aromatic nitrogens is 1. The minimum absolute atomic E-state index is 0.111. The molecule has 6 nitrogen and oxygen atoms in total. The van der Waals surface area contributed by atoms with Crippen LogP contribution in [0.5, 0.6) is 5.75 Å². The van der Waals surface area contributed by atoms with Gasteiger partial charge in [0.25, 0.3) is 0 Å². The molecule has 0 aliphatic heterocycles. The molecule has 29 heavy (non-hydrogen) atoms. The third-order valence-electron chi connectivity index (χ3n) is 3.75. The Balaban J connectivity index is 1.53. The molecule has 0 spiro atoms. The van der Waals surface area contributed by atoms with Crippen molar-refractivity contribution in [3.63, 3.8) is 0 Å². The highest BCUT2D eigenvalue weighted by molar-refractivity contribution is 8.00. The summed E-state index contributed by atoms with van der Waals surface area (Å²) in [5, 5.41) is 9.49. The molecule has 0 unspecified atom stereocenters. The molecular formula is C21H20N4O2S2. The number of pyridine rings is 1. The molecule has 0 saturated carbocycles. The first-order valence-corrected chi connectivity index (χ1v) is 10.2. The van der Waals surface area contributed by atoms with Crippen LogP contribution in [-0.2, 0) is 4.79 Å². The number of methoxy groups -OCH3 is 1. The number of anilines is 3. The largest absolute Gasteiger partial charge is 0.495 e. The zero-order valence-electron chi connectivity index (χ0n) is 15.7. The lowest BCUT2D eigenvalue weighted by Gasteiger charge is -2.13. The zero-order valence-corrected chi connectivity index (χ0v) is 17.3. The molecule has 1 amide bonds. The first-order valence-electron chi connectivity index (χ1n) is 8.79. The Morgan fingerprint density at radius 2 is 1.86 bits per heavy atom. The standard InChI is InChI=1S/C21H20N4O2S2/c1-27-18-10-3-2-9-17(18)24-21(28)23-15-7-6-8-16(13-15)29-14-20(26)25-19-11-4-5-12-22-19/h2-13H,14H2,1H3,(H,22,25,26)(H2,23,24,28). The highest BCUT2D eigenvalue weighted by Gasteiger charge is 2.07. The number of nitrogens with zero attached hydrogens (tertiary/aromatic N) is 1. The molecule has 148 valence electrons. The molecule has 3 rings (SSSR count). The normalized spacial score (nSPS) is 10.1. The topological polar surface area (TPSA) is 75.3 Å². The number of thioether (sulfide) groups is 1. The molecule has 2 aromatic carbocycles. The quantitative estimate of drug-likeness (QED) is 0.377. The minimum atomic E-state index is -0.111. The summed E-state index contributed by atoms with van der Waals surface area (Å²) >= 11 is 6.83. The van der Waals surface area contributed by atoms with E-state index in [1.807, 2.05) is 54.6 Å². The van der Waals surface area contributed by atoms with E-state index in [1.165, 1.54) is 11.8 Å². The monoisotopic (exact) mass is 424 g/mol. The number of thiocarbonyl (C=S) groups is 1. The van der Waals surface area contributed by atoms with Crippen molar-refractivity contribution in [2.75, 3.05) is 28.8 Å². The number of para-hydroxylation sites is 2. The predicted octanol–water partition coefficient (Wildman–Crippen LogP) is 4.63. The van der Waals surface area contributed by atoms with Crippen molar-refractivity contribution in [3.05, 3.63) is 72.9 Å². The lowest BCUT2D eigenvalue weighted by molar-refractivity contribution is -0.113. The Kier molecular flexibility index (Phi) is 7.43. The van der Waals surface area contributed by atoms with E-state index in [2.05, 4.69) is 20.9 Å². The van der Waals surface area contributed by atoms with Crippen LogP contribution >= 0.6 is 24.0 Å². The van der Waals surface area contributed by atoms with Crippen molar-refractivity contribution in [2.45, 2.75) is 4.90 Å². The molecule has 0 saturated heterocycles. The van der Waals surface area contributed by atoms with E-state index in [4.69, 9.17) is 17.0 Å². The lowest BCUT2D eigenvalue weighted by atomic mass is 10.3. The zero-order chi connectivity index (χ0) is 20.5. The summed E-state index contributed by atoms with van der Waals surface area (Å²) < 4.78 is 5.32. The number of carbonyl (C=O) groups excluding carboxylic acids is 1. The van der Waals surface area contributed by atoms with Crippen LogP contribution in [-0.4, -0.2) is 28.9 Å². The van der Waals surface area contributed by atoms with Crippen LogP contribution in [0.1, 0.15) is 0 Å². The van der Waals surface area contributed by atoms with Gasteiger partial charge in [-0.1, -0.05) is 24.3 Å². The average Bonchev–Trinajstić information content (AvgIpc) is 2.73. The number of ether oxygens (including phenoxy) is 1. The van der Waals surface area contributed by atoms with Gasteiger partial charge in [-0.15, -0.1) is 11.8 Å². The third-order valence-corrected chi connectivity index (χ3v) is 4.95. The first kappa shape index (κ1) is 20.6. The third kappa shape index (κ3) is 6.48. The summed E-state index contributed by atoms with van der Waals surface area (Å²) in [6.45, 7) is 0. The molecule has 0 fully saturated rings. The van der Waals surface area contributed by atoms with E-state index in [0.29, 0.717) is 16.7 Å². The molecule has 1 aromatic heterocycles. The van der Waals surface area contributed by atoms with Crippen molar-refractivity contribution in [1.29, 1.82) is 0 Å². The second kappa shape index (κ2) is 10.4. The van der Waals surface area contributed by atoms with E-state index in [-0.39, 0.29) is 11.7 Å². The number of hydrogen-bond donors (Lipinski definition) is 3. The summed E-state index contributed by atoms with van der Waals surface area (Å²) in [5.74, 6) is 1.42. The van der Waals surface area contributed by atoms with Crippen molar-refractivity contribution in [2.24, 2.45) is 0 Å². The van der Waals surface area contributed by atoms with Crippen LogP contribution in [0.15, 0.2) is 77.8 Å². The molecule has 3 aromatic rings. The SMILES string of the molecule is COc1ccccc1NC(=S)Nc1cccc(SCC(=O)Nc2ccccn2)c1. The van der Waals surface area contributed by atoms with Gasteiger partial charge in [0.2, 0.25) is 5.91 Å². The highest BCUT2D eigenvalue weighted by Crippen LogP contribution is 2.24. The van der Waals surface area contributed by atoms with Gasteiger partial charge in [-0.25, -0.2) is 4.98 Å². The number of nitrogens with one attached hydrogen (secondary N) is 3. The predicted molar refractivity (Wildman–Crippen MR) is 123 cm³/mol. The smallest absolute Gasteiger partial charge is 0.235 e. The Morgan fingerprint density at radius 3 is 2.66 bits per heavy atom.